The molecule has 1 amide bonds. The molecule has 1 aliphatic heterocycles. The summed E-state index contributed by atoms with van der Waals surface area (Å²) in [6.45, 7) is 0.0634. The Morgan fingerprint density at radius 1 is 1.08 bits per heavy atom. The van der Waals surface area contributed by atoms with E-state index < -0.39 is 11.9 Å². The van der Waals surface area contributed by atoms with Gasteiger partial charge in [0.1, 0.15) is 5.70 Å². The van der Waals surface area contributed by atoms with Gasteiger partial charge in [-0.1, -0.05) is 35.3 Å². The van der Waals surface area contributed by atoms with Crippen molar-refractivity contribution in [2.75, 3.05) is 6.79 Å². The highest BCUT2D eigenvalue weighted by Crippen LogP contribution is 2.37. The van der Waals surface area contributed by atoms with Crippen LogP contribution in [0.25, 0.3) is 6.08 Å². The Morgan fingerprint density at radius 2 is 1.76 bits per heavy atom. The lowest BCUT2D eigenvalue weighted by molar-refractivity contribution is -0.132. The van der Waals surface area contributed by atoms with Gasteiger partial charge in [0.15, 0.2) is 11.5 Å². The summed E-state index contributed by atoms with van der Waals surface area (Å²) in [6, 6.07) is 9.37. The van der Waals surface area contributed by atoms with Crippen molar-refractivity contribution in [2.24, 2.45) is 0 Å². The molecule has 0 aliphatic carbocycles. The number of hydrogen-bond acceptors (Lipinski definition) is 4. The van der Waals surface area contributed by atoms with Gasteiger partial charge in [-0.25, -0.2) is 4.79 Å². The Morgan fingerprint density at radius 3 is 2.44 bits per heavy atom. The topological polar surface area (TPSA) is 84.9 Å². The first-order chi connectivity index (χ1) is 12.0. The molecule has 1 aliphatic rings. The normalized spacial score (nSPS) is 12.8. The van der Waals surface area contributed by atoms with Crippen LogP contribution in [0.3, 0.4) is 0 Å². The maximum absolute atomic E-state index is 12.3. The number of hydrogen-bond donors (Lipinski definition) is 2. The van der Waals surface area contributed by atoms with Crippen LogP contribution in [0.15, 0.2) is 42.1 Å². The summed E-state index contributed by atoms with van der Waals surface area (Å²) in [7, 11) is 0. The van der Waals surface area contributed by atoms with Crippen molar-refractivity contribution in [3.05, 3.63) is 63.3 Å². The predicted molar refractivity (Wildman–Crippen MR) is 92.1 cm³/mol. The molecule has 0 spiro atoms. The van der Waals surface area contributed by atoms with E-state index in [1.54, 1.807) is 12.1 Å². The molecule has 25 heavy (non-hydrogen) atoms. The number of carboxylic acid groups (broad SMARTS) is 1. The standard InChI is InChI=1S/C17H11Cl2NO5/c18-11-4-2-1-3-10(11)16(21)20-13(17(22)23)5-9-6-14-15(7-12(9)19)25-8-24-14/h1-7H,8H2,(H,20,21)(H,22,23)/b13-5+. The van der Waals surface area contributed by atoms with E-state index in [0.29, 0.717) is 17.1 Å². The van der Waals surface area contributed by atoms with Crippen molar-refractivity contribution in [3.8, 4) is 11.5 Å². The number of carbonyl (C=O) groups excluding carboxylic acids is 1. The minimum absolute atomic E-state index is 0.0634. The Balaban J connectivity index is 1.92. The number of aliphatic carboxylic acids is 1. The summed E-state index contributed by atoms with van der Waals surface area (Å²) in [5.74, 6) is -1.05. The average molecular weight is 380 g/mol. The minimum atomic E-state index is -1.32. The first-order valence-corrected chi connectivity index (χ1v) is 7.81. The number of carbonyl (C=O) groups is 2. The second-order valence-electron chi connectivity index (χ2n) is 5.02. The van der Waals surface area contributed by atoms with Crippen LogP contribution >= 0.6 is 23.2 Å². The molecule has 0 bridgehead atoms. The van der Waals surface area contributed by atoms with Crippen molar-refractivity contribution in [2.45, 2.75) is 0 Å². The van der Waals surface area contributed by atoms with Gasteiger partial charge >= 0.3 is 5.97 Å². The Labute approximate surface area is 152 Å². The van der Waals surface area contributed by atoms with E-state index >= 15 is 0 Å². The van der Waals surface area contributed by atoms with Crippen LogP contribution < -0.4 is 14.8 Å². The Kier molecular flexibility index (Phi) is 4.83. The largest absolute Gasteiger partial charge is 0.477 e. The molecule has 8 heteroatoms. The lowest BCUT2D eigenvalue weighted by atomic mass is 10.1. The van der Waals surface area contributed by atoms with Crippen LogP contribution in [-0.2, 0) is 4.79 Å². The molecule has 0 aromatic heterocycles. The fourth-order valence-corrected chi connectivity index (χ4v) is 2.62. The van der Waals surface area contributed by atoms with Crippen LogP contribution in [0.2, 0.25) is 10.0 Å². The van der Waals surface area contributed by atoms with Gasteiger partial charge in [0.2, 0.25) is 6.79 Å². The molecular weight excluding hydrogens is 369 g/mol. The van der Waals surface area contributed by atoms with Crippen LogP contribution in [0.5, 0.6) is 11.5 Å². The highest BCUT2D eigenvalue weighted by Gasteiger charge is 2.19. The van der Waals surface area contributed by atoms with E-state index in [9.17, 15) is 14.7 Å². The second-order valence-corrected chi connectivity index (χ2v) is 5.84. The minimum Gasteiger partial charge on any atom is -0.477 e. The van der Waals surface area contributed by atoms with Gasteiger partial charge in [-0.05, 0) is 29.8 Å². The van der Waals surface area contributed by atoms with Crippen LogP contribution in [-0.4, -0.2) is 23.8 Å². The highest BCUT2D eigenvalue weighted by molar-refractivity contribution is 6.34. The smallest absolute Gasteiger partial charge is 0.352 e. The van der Waals surface area contributed by atoms with Gasteiger partial charge in [-0.15, -0.1) is 0 Å². The number of nitrogens with one attached hydrogen (secondary N) is 1. The number of carboxylic acids is 1. The Bertz CT molecular complexity index is 895. The number of ether oxygens (including phenoxy) is 2. The molecule has 2 aromatic carbocycles. The zero-order valence-corrected chi connectivity index (χ0v) is 14.1. The lowest BCUT2D eigenvalue weighted by Gasteiger charge is -2.08. The quantitative estimate of drug-likeness (QED) is 0.793. The summed E-state index contributed by atoms with van der Waals surface area (Å²) in [6.07, 6.45) is 1.24. The fraction of sp³-hybridized carbons (Fsp3) is 0.0588. The summed E-state index contributed by atoms with van der Waals surface area (Å²) in [5, 5.41) is 12.2. The lowest BCUT2D eigenvalue weighted by Crippen LogP contribution is -2.27. The van der Waals surface area contributed by atoms with Crippen LogP contribution in [0.4, 0.5) is 0 Å². The van der Waals surface area contributed by atoms with Crippen molar-refractivity contribution in [3.63, 3.8) is 0 Å². The molecular formula is C17H11Cl2NO5. The average Bonchev–Trinajstić information content (AvgIpc) is 3.01. The summed E-state index contributed by atoms with van der Waals surface area (Å²) >= 11 is 12.1. The van der Waals surface area contributed by atoms with Crippen molar-refractivity contribution < 1.29 is 24.2 Å². The Hall–Kier alpha value is -2.70. The molecule has 1 heterocycles. The fourth-order valence-electron chi connectivity index (χ4n) is 2.19. The number of benzene rings is 2. The van der Waals surface area contributed by atoms with E-state index in [0.717, 1.165) is 0 Å². The predicted octanol–water partition coefficient (Wildman–Crippen LogP) is 3.58. The van der Waals surface area contributed by atoms with Crippen LogP contribution in [0.1, 0.15) is 15.9 Å². The molecule has 0 saturated heterocycles. The molecule has 0 atom stereocenters. The van der Waals surface area contributed by atoms with E-state index in [1.165, 1.54) is 30.3 Å². The third-order valence-corrected chi connectivity index (χ3v) is 4.05. The first kappa shape index (κ1) is 17.1. The molecule has 0 radical (unpaired) electrons. The number of amides is 1. The maximum Gasteiger partial charge on any atom is 0.352 e. The number of rotatable bonds is 4. The second kappa shape index (κ2) is 7.04. The molecule has 3 rings (SSSR count). The van der Waals surface area contributed by atoms with E-state index in [1.807, 2.05) is 0 Å². The molecule has 2 N–H and O–H groups in total. The highest BCUT2D eigenvalue weighted by atomic mass is 35.5. The maximum atomic E-state index is 12.3. The van der Waals surface area contributed by atoms with Gasteiger partial charge in [0.25, 0.3) is 5.91 Å². The molecule has 0 unspecified atom stereocenters. The van der Waals surface area contributed by atoms with E-state index in [4.69, 9.17) is 32.7 Å². The summed E-state index contributed by atoms with van der Waals surface area (Å²) < 4.78 is 10.4. The van der Waals surface area contributed by atoms with Gasteiger partial charge < -0.3 is 19.9 Å². The van der Waals surface area contributed by atoms with Gasteiger partial charge in [-0.3, -0.25) is 4.79 Å². The molecule has 128 valence electrons. The van der Waals surface area contributed by atoms with Crippen molar-refractivity contribution in [1.82, 2.24) is 5.32 Å². The van der Waals surface area contributed by atoms with Gasteiger partial charge in [-0.2, -0.15) is 0 Å². The van der Waals surface area contributed by atoms with Gasteiger partial charge in [0, 0.05) is 6.07 Å². The first-order valence-electron chi connectivity index (χ1n) is 7.05. The van der Waals surface area contributed by atoms with E-state index in [-0.39, 0.29) is 28.1 Å². The zero-order chi connectivity index (χ0) is 18.0. The SMILES string of the molecule is O=C(O)/C(=C\c1cc2c(cc1Cl)OCO2)NC(=O)c1ccccc1Cl. The molecule has 0 fully saturated rings. The van der Waals surface area contributed by atoms with Crippen molar-refractivity contribution >= 4 is 41.2 Å². The molecule has 2 aromatic rings. The molecule has 0 saturated carbocycles. The third kappa shape index (κ3) is 3.70. The summed E-state index contributed by atoms with van der Waals surface area (Å²) in [5.41, 5.74) is 0.168. The zero-order valence-electron chi connectivity index (χ0n) is 12.6. The number of fused-ring (bicyclic) bond motifs is 1. The van der Waals surface area contributed by atoms with Gasteiger partial charge in [0.05, 0.1) is 15.6 Å². The van der Waals surface area contributed by atoms with Crippen molar-refractivity contribution in [1.29, 1.82) is 0 Å². The summed E-state index contributed by atoms with van der Waals surface area (Å²) in [4.78, 5) is 23.8. The number of halogens is 2. The van der Waals surface area contributed by atoms with Crippen LogP contribution in [0, 0.1) is 0 Å². The molecule has 6 nitrogen and oxygen atoms in total. The monoisotopic (exact) mass is 379 g/mol. The van der Waals surface area contributed by atoms with E-state index in [2.05, 4.69) is 5.32 Å². The third-order valence-electron chi connectivity index (χ3n) is 3.39.